The van der Waals surface area contributed by atoms with Crippen LogP contribution in [0.25, 0.3) is 0 Å². The molecule has 84 valence electrons. The summed E-state index contributed by atoms with van der Waals surface area (Å²) < 4.78 is 2.16. The van der Waals surface area contributed by atoms with Gasteiger partial charge in [0.2, 0.25) is 0 Å². The zero-order valence-corrected chi connectivity index (χ0v) is 9.74. The molecule has 0 aromatic carbocycles. The van der Waals surface area contributed by atoms with Gasteiger partial charge in [-0.25, -0.2) is 0 Å². The fraction of sp³-hybridized carbons (Fsp3) is 0.750. The highest BCUT2D eigenvalue weighted by atomic mass is 15.3. The van der Waals surface area contributed by atoms with Crippen LogP contribution in [0.1, 0.15) is 44.8 Å². The summed E-state index contributed by atoms with van der Waals surface area (Å²) in [6.45, 7) is 6.45. The van der Waals surface area contributed by atoms with Crippen LogP contribution in [0.5, 0.6) is 0 Å². The van der Waals surface area contributed by atoms with Gasteiger partial charge in [-0.05, 0) is 37.8 Å². The first-order chi connectivity index (χ1) is 7.36. The lowest BCUT2D eigenvalue weighted by Crippen LogP contribution is -2.25. The maximum absolute atomic E-state index is 4.40. The second-order valence-electron chi connectivity index (χ2n) is 4.35. The van der Waals surface area contributed by atoms with E-state index in [1.807, 2.05) is 6.20 Å². The lowest BCUT2D eigenvalue weighted by Gasteiger charge is -2.18. The molecule has 0 amide bonds. The van der Waals surface area contributed by atoms with E-state index in [0.717, 1.165) is 25.4 Å². The summed E-state index contributed by atoms with van der Waals surface area (Å²) in [4.78, 5) is 0. The van der Waals surface area contributed by atoms with Crippen molar-refractivity contribution in [1.82, 2.24) is 15.1 Å². The average Bonchev–Trinajstić information content (AvgIpc) is 2.97. The van der Waals surface area contributed by atoms with E-state index in [9.17, 15) is 0 Å². The Morgan fingerprint density at radius 2 is 2.33 bits per heavy atom. The summed E-state index contributed by atoms with van der Waals surface area (Å²) >= 11 is 0. The second kappa shape index (κ2) is 4.79. The Kier molecular flexibility index (Phi) is 3.41. The van der Waals surface area contributed by atoms with Crippen LogP contribution in [0.2, 0.25) is 0 Å². The van der Waals surface area contributed by atoms with E-state index >= 15 is 0 Å². The third-order valence-corrected chi connectivity index (χ3v) is 3.02. The van der Waals surface area contributed by atoms with Crippen molar-refractivity contribution in [2.45, 2.75) is 45.7 Å². The Morgan fingerprint density at radius 1 is 1.53 bits per heavy atom. The number of nitrogens with zero attached hydrogens (tertiary/aromatic N) is 2. The summed E-state index contributed by atoms with van der Waals surface area (Å²) in [7, 11) is 0. The van der Waals surface area contributed by atoms with Crippen molar-refractivity contribution in [2.24, 2.45) is 5.92 Å². The van der Waals surface area contributed by atoms with Crippen molar-refractivity contribution >= 4 is 0 Å². The number of hydrogen-bond donors (Lipinski definition) is 1. The first-order valence-electron chi connectivity index (χ1n) is 6.11. The number of hydrogen-bond acceptors (Lipinski definition) is 2. The molecule has 0 spiro atoms. The maximum Gasteiger partial charge on any atom is 0.0556 e. The molecule has 1 heterocycles. The van der Waals surface area contributed by atoms with Crippen LogP contribution in [0.3, 0.4) is 0 Å². The molecule has 1 aromatic rings. The normalized spacial score (nSPS) is 18.0. The molecule has 1 fully saturated rings. The van der Waals surface area contributed by atoms with E-state index in [4.69, 9.17) is 0 Å². The quantitative estimate of drug-likeness (QED) is 0.776. The highest BCUT2D eigenvalue weighted by Gasteiger charge is 2.33. The maximum atomic E-state index is 4.40. The van der Waals surface area contributed by atoms with Gasteiger partial charge in [0, 0.05) is 12.7 Å². The minimum Gasteiger partial charge on any atom is -0.309 e. The largest absolute Gasteiger partial charge is 0.309 e. The molecule has 0 saturated heterocycles. The molecule has 0 aliphatic heterocycles. The van der Waals surface area contributed by atoms with Gasteiger partial charge in [-0.2, -0.15) is 5.10 Å². The van der Waals surface area contributed by atoms with E-state index in [0.29, 0.717) is 6.04 Å². The molecule has 0 bridgehead atoms. The van der Waals surface area contributed by atoms with Gasteiger partial charge < -0.3 is 5.32 Å². The molecule has 1 aliphatic rings. The van der Waals surface area contributed by atoms with E-state index in [1.165, 1.54) is 18.5 Å². The monoisotopic (exact) mass is 207 g/mol. The fourth-order valence-electron chi connectivity index (χ4n) is 2.17. The summed E-state index contributed by atoms with van der Waals surface area (Å²) in [6, 6.07) is 2.70. The standard InChI is InChI=1S/C12H21N3/c1-3-9-15-11(7-8-14-15)12(13-4-2)10-5-6-10/h7-8,10,12-13H,3-6,9H2,1-2H3. The van der Waals surface area contributed by atoms with Crippen molar-refractivity contribution in [3.05, 3.63) is 18.0 Å². The number of rotatable bonds is 6. The topological polar surface area (TPSA) is 29.9 Å². The highest BCUT2D eigenvalue weighted by molar-refractivity contribution is 5.11. The van der Waals surface area contributed by atoms with Crippen LogP contribution in [-0.4, -0.2) is 16.3 Å². The first-order valence-corrected chi connectivity index (χ1v) is 6.11. The van der Waals surface area contributed by atoms with Gasteiger partial charge in [0.1, 0.15) is 0 Å². The van der Waals surface area contributed by atoms with Crippen LogP contribution >= 0.6 is 0 Å². The Bertz CT molecular complexity index is 302. The van der Waals surface area contributed by atoms with E-state index in [2.05, 4.69) is 35.0 Å². The molecular formula is C12H21N3. The summed E-state index contributed by atoms with van der Waals surface area (Å²) in [5.41, 5.74) is 1.38. The molecule has 3 nitrogen and oxygen atoms in total. The molecular weight excluding hydrogens is 186 g/mol. The third-order valence-electron chi connectivity index (χ3n) is 3.02. The number of aryl methyl sites for hydroxylation is 1. The minimum atomic E-state index is 0.532. The summed E-state index contributed by atoms with van der Waals surface area (Å²) in [5, 5.41) is 7.98. The molecule has 1 atom stereocenters. The van der Waals surface area contributed by atoms with Gasteiger partial charge in [-0.15, -0.1) is 0 Å². The van der Waals surface area contributed by atoms with Crippen molar-refractivity contribution in [2.75, 3.05) is 6.54 Å². The summed E-state index contributed by atoms with van der Waals surface area (Å²) in [5.74, 6) is 0.845. The van der Waals surface area contributed by atoms with Gasteiger partial charge in [0.25, 0.3) is 0 Å². The van der Waals surface area contributed by atoms with Gasteiger partial charge in [0.15, 0.2) is 0 Å². The Morgan fingerprint density at radius 3 is 2.93 bits per heavy atom. The predicted molar refractivity (Wildman–Crippen MR) is 61.7 cm³/mol. The van der Waals surface area contributed by atoms with Crippen molar-refractivity contribution in [1.29, 1.82) is 0 Å². The van der Waals surface area contributed by atoms with Gasteiger partial charge in [0.05, 0.1) is 11.7 Å². The zero-order chi connectivity index (χ0) is 10.7. The smallest absolute Gasteiger partial charge is 0.0556 e. The lowest BCUT2D eigenvalue weighted by molar-refractivity contribution is 0.443. The van der Waals surface area contributed by atoms with Crippen molar-refractivity contribution in [3.8, 4) is 0 Å². The molecule has 1 aromatic heterocycles. The molecule has 1 unspecified atom stereocenters. The van der Waals surface area contributed by atoms with Crippen LogP contribution in [0.15, 0.2) is 12.3 Å². The van der Waals surface area contributed by atoms with Crippen LogP contribution in [0.4, 0.5) is 0 Å². The number of nitrogens with one attached hydrogen (secondary N) is 1. The third kappa shape index (κ3) is 2.40. The van der Waals surface area contributed by atoms with Gasteiger partial charge in [-0.1, -0.05) is 13.8 Å². The summed E-state index contributed by atoms with van der Waals surface area (Å²) in [6.07, 6.45) is 5.82. The van der Waals surface area contributed by atoms with Gasteiger partial charge >= 0.3 is 0 Å². The zero-order valence-electron chi connectivity index (χ0n) is 9.74. The van der Waals surface area contributed by atoms with E-state index < -0.39 is 0 Å². The minimum absolute atomic E-state index is 0.532. The lowest BCUT2D eigenvalue weighted by atomic mass is 10.1. The Labute approximate surface area is 91.9 Å². The molecule has 1 saturated carbocycles. The molecule has 2 rings (SSSR count). The van der Waals surface area contributed by atoms with Crippen LogP contribution in [0, 0.1) is 5.92 Å². The predicted octanol–water partition coefficient (Wildman–Crippen LogP) is 2.35. The molecule has 1 N–H and O–H groups in total. The molecule has 1 aliphatic carbocycles. The van der Waals surface area contributed by atoms with Crippen LogP contribution in [-0.2, 0) is 6.54 Å². The molecule has 15 heavy (non-hydrogen) atoms. The molecule has 0 radical (unpaired) electrons. The van der Waals surface area contributed by atoms with E-state index in [1.54, 1.807) is 0 Å². The van der Waals surface area contributed by atoms with E-state index in [-0.39, 0.29) is 0 Å². The number of aromatic nitrogens is 2. The van der Waals surface area contributed by atoms with Gasteiger partial charge in [-0.3, -0.25) is 4.68 Å². The Hall–Kier alpha value is -0.830. The van der Waals surface area contributed by atoms with Crippen molar-refractivity contribution < 1.29 is 0 Å². The van der Waals surface area contributed by atoms with Crippen molar-refractivity contribution in [3.63, 3.8) is 0 Å². The first kappa shape index (κ1) is 10.7. The molecule has 3 heteroatoms. The highest BCUT2D eigenvalue weighted by Crippen LogP contribution is 2.40. The Balaban J connectivity index is 2.12. The fourth-order valence-corrected chi connectivity index (χ4v) is 2.17. The second-order valence-corrected chi connectivity index (χ2v) is 4.35. The van der Waals surface area contributed by atoms with Crippen LogP contribution < -0.4 is 5.32 Å². The SMILES string of the molecule is CCCn1nccc1C(NCC)C1CC1. The average molecular weight is 207 g/mol.